The van der Waals surface area contributed by atoms with E-state index in [0.29, 0.717) is 6.04 Å². The molecule has 1 aliphatic heterocycles. The van der Waals surface area contributed by atoms with Crippen molar-refractivity contribution in [1.82, 2.24) is 4.90 Å². The maximum atomic E-state index is 5.63. The Kier molecular flexibility index (Phi) is 3.60. The van der Waals surface area contributed by atoms with Gasteiger partial charge in [0.05, 0.1) is 0 Å². The number of nitrogens with zero attached hydrogens (tertiary/aromatic N) is 1. The standard InChI is InChI=1S/C9H18N2/c1-2-3-6-11-7-4-5-9(11)8-10/h2,9H,1,3-8,10H2. The van der Waals surface area contributed by atoms with Gasteiger partial charge in [0.25, 0.3) is 0 Å². The molecule has 1 saturated heterocycles. The predicted molar refractivity (Wildman–Crippen MR) is 48.5 cm³/mol. The minimum absolute atomic E-state index is 0.648. The lowest BCUT2D eigenvalue weighted by atomic mass is 10.2. The lowest BCUT2D eigenvalue weighted by molar-refractivity contribution is 0.263. The average molecular weight is 154 g/mol. The van der Waals surface area contributed by atoms with E-state index in [1.807, 2.05) is 6.08 Å². The molecule has 2 nitrogen and oxygen atoms in total. The smallest absolute Gasteiger partial charge is 0.0219 e. The van der Waals surface area contributed by atoms with Gasteiger partial charge in [-0.25, -0.2) is 0 Å². The minimum atomic E-state index is 0.648. The summed E-state index contributed by atoms with van der Waals surface area (Å²) in [6.07, 6.45) is 5.68. The molecule has 1 atom stereocenters. The van der Waals surface area contributed by atoms with Crippen LogP contribution in [0.15, 0.2) is 12.7 Å². The van der Waals surface area contributed by atoms with Gasteiger partial charge < -0.3 is 5.73 Å². The maximum absolute atomic E-state index is 5.63. The normalized spacial score (nSPS) is 25.7. The summed E-state index contributed by atoms with van der Waals surface area (Å²) in [5.74, 6) is 0. The van der Waals surface area contributed by atoms with Crippen LogP contribution in [0.1, 0.15) is 19.3 Å². The fourth-order valence-corrected chi connectivity index (χ4v) is 1.71. The quantitative estimate of drug-likeness (QED) is 0.612. The second kappa shape index (κ2) is 4.52. The molecule has 0 spiro atoms. The molecule has 11 heavy (non-hydrogen) atoms. The maximum Gasteiger partial charge on any atom is 0.0219 e. The van der Waals surface area contributed by atoms with Gasteiger partial charge in [0.2, 0.25) is 0 Å². The highest BCUT2D eigenvalue weighted by Crippen LogP contribution is 2.15. The van der Waals surface area contributed by atoms with Crippen molar-refractivity contribution in [2.45, 2.75) is 25.3 Å². The van der Waals surface area contributed by atoms with Crippen molar-refractivity contribution >= 4 is 0 Å². The molecular formula is C9H18N2. The van der Waals surface area contributed by atoms with Gasteiger partial charge in [0.15, 0.2) is 0 Å². The molecule has 2 N–H and O–H groups in total. The van der Waals surface area contributed by atoms with Gasteiger partial charge in [0.1, 0.15) is 0 Å². The average Bonchev–Trinajstić information content (AvgIpc) is 2.47. The van der Waals surface area contributed by atoms with E-state index >= 15 is 0 Å². The molecule has 1 unspecified atom stereocenters. The van der Waals surface area contributed by atoms with Gasteiger partial charge >= 0.3 is 0 Å². The number of likely N-dealkylation sites (tertiary alicyclic amines) is 1. The van der Waals surface area contributed by atoms with E-state index in [9.17, 15) is 0 Å². The monoisotopic (exact) mass is 154 g/mol. The zero-order valence-corrected chi connectivity index (χ0v) is 7.13. The summed E-state index contributed by atoms with van der Waals surface area (Å²) in [6, 6.07) is 0.648. The molecule has 64 valence electrons. The van der Waals surface area contributed by atoms with Crippen LogP contribution in [-0.4, -0.2) is 30.6 Å². The molecule has 0 bridgehead atoms. The Bertz CT molecular complexity index is 123. The first-order valence-electron chi connectivity index (χ1n) is 4.43. The van der Waals surface area contributed by atoms with Gasteiger partial charge in [0, 0.05) is 19.1 Å². The zero-order valence-electron chi connectivity index (χ0n) is 7.13. The molecule has 1 heterocycles. The minimum Gasteiger partial charge on any atom is -0.329 e. The van der Waals surface area contributed by atoms with Crippen molar-refractivity contribution < 1.29 is 0 Å². The van der Waals surface area contributed by atoms with E-state index in [4.69, 9.17) is 5.73 Å². The van der Waals surface area contributed by atoms with E-state index in [2.05, 4.69) is 11.5 Å². The lowest BCUT2D eigenvalue weighted by Gasteiger charge is -2.21. The largest absolute Gasteiger partial charge is 0.329 e. The Hall–Kier alpha value is -0.340. The van der Waals surface area contributed by atoms with Crippen LogP contribution in [0.4, 0.5) is 0 Å². The van der Waals surface area contributed by atoms with Crippen molar-refractivity contribution in [3.05, 3.63) is 12.7 Å². The summed E-state index contributed by atoms with van der Waals surface area (Å²) in [6.45, 7) is 6.91. The number of hydrogen-bond acceptors (Lipinski definition) is 2. The molecule has 2 heteroatoms. The Morgan fingerprint density at radius 1 is 1.64 bits per heavy atom. The van der Waals surface area contributed by atoms with E-state index in [1.165, 1.54) is 19.4 Å². The molecule has 0 aromatic carbocycles. The predicted octanol–water partition coefficient (Wildman–Crippen LogP) is 0.986. The van der Waals surface area contributed by atoms with Gasteiger partial charge in [-0.15, -0.1) is 6.58 Å². The molecule has 0 aromatic heterocycles. The Morgan fingerprint density at radius 3 is 3.09 bits per heavy atom. The highest BCUT2D eigenvalue weighted by molar-refractivity contribution is 4.81. The second-order valence-corrected chi connectivity index (χ2v) is 3.15. The van der Waals surface area contributed by atoms with Gasteiger partial charge in [-0.2, -0.15) is 0 Å². The van der Waals surface area contributed by atoms with Crippen LogP contribution >= 0.6 is 0 Å². The summed E-state index contributed by atoms with van der Waals surface area (Å²) in [7, 11) is 0. The second-order valence-electron chi connectivity index (χ2n) is 3.15. The van der Waals surface area contributed by atoms with Crippen LogP contribution in [-0.2, 0) is 0 Å². The van der Waals surface area contributed by atoms with Gasteiger partial charge in [-0.3, -0.25) is 4.90 Å². The highest BCUT2D eigenvalue weighted by Gasteiger charge is 2.21. The number of hydrogen-bond donors (Lipinski definition) is 1. The Balaban J connectivity index is 2.25. The fourth-order valence-electron chi connectivity index (χ4n) is 1.71. The molecule has 0 saturated carbocycles. The van der Waals surface area contributed by atoms with Crippen molar-refractivity contribution in [2.24, 2.45) is 5.73 Å². The first-order valence-corrected chi connectivity index (χ1v) is 4.43. The summed E-state index contributed by atoms with van der Waals surface area (Å²) in [4.78, 5) is 2.47. The Labute approximate surface area is 69.1 Å². The third-order valence-corrected chi connectivity index (χ3v) is 2.39. The Morgan fingerprint density at radius 2 is 2.45 bits per heavy atom. The van der Waals surface area contributed by atoms with Crippen molar-refractivity contribution in [2.75, 3.05) is 19.6 Å². The van der Waals surface area contributed by atoms with E-state index in [1.54, 1.807) is 0 Å². The zero-order chi connectivity index (χ0) is 8.10. The van der Waals surface area contributed by atoms with Crippen molar-refractivity contribution in [1.29, 1.82) is 0 Å². The van der Waals surface area contributed by atoms with E-state index in [-0.39, 0.29) is 0 Å². The number of rotatable bonds is 4. The van der Waals surface area contributed by atoms with Crippen LogP contribution in [0.25, 0.3) is 0 Å². The molecule has 0 amide bonds. The fraction of sp³-hybridized carbons (Fsp3) is 0.778. The van der Waals surface area contributed by atoms with Crippen LogP contribution in [0.2, 0.25) is 0 Å². The lowest BCUT2D eigenvalue weighted by Crippen LogP contribution is -2.35. The van der Waals surface area contributed by atoms with Crippen LogP contribution in [0.3, 0.4) is 0 Å². The molecule has 1 aliphatic rings. The van der Waals surface area contributed by atoms with E-state index < -0.39 is 0 Å². The first kappa shape index (κ1) is 8.75. The third kappa shape index (κ3) is 2.31. The molecule has 0 aliphatic carbocycles. The summed E-state index contributed by atoms with van der Waals surface area (Å²) < 4.78 is 0. The molecule has 0 radical (unpaired) electrons. The molecular weight excluding hydrogens is 136 g/mol. The molecule has 1 rings (SSSR count). The van der Waals surface area contributed by atoms with Crippen LogP contribution in [0.5, 0.6) is 0 Å². The summed E-state index contributed by atoms with van der Waals surface area (Å²) >= 11 is 0. The highest BCUT2D eigenvalue weighted by atomic mass is 15.2. The SMILES string of the molecule is C=CCCN1CCCC1CN. The van der Waals surface area contributed by atoms with Crippen LogP contribution in [0, 0.1) is 0 Å². The third-order valence-electron chi connectivity index (χ3n) is 2.39. The van der Waals surface area contributed by atoms with Crippen LogP contribution < -0.4 is 5.73 Å². The summed E-state index contributed by atoms with van der Waals surface area (Å²) in [5.41, 5.74) is 5.63. The summed E-state index contributed by atoms with van der Waals surface area (Å²) in [5, 5.41) is 0. The van der Waals surface area contributed by atoms with Gasteiger partial charge in [-0.05, 0) is 25.8 Å². The van der Waals surface area contributed by atoms with Crippen molar-refractivity contribution in [3.8, 4) is 0 Å². The molecule has 1 fully saturated rings. The topological polar surface area (TPSA) is 29.3 Å². The number of nitrogens with two attached hydrogens (primary N) is 1. The van der Waals surface area contributed by atoms with Crippen molar-refractivity contribution in [3.63, 3.8) is 0 Å². The first-order chi connectivity index (χ1) is 5.38. The van der Waals surface area contributed by atoms with Gasteiger partial charge in [-0.1, -0.05) is 6.08 Å². The molecule has 0 aromatic rings. The van der Waals surface area contributed by atoms with E-state index in [0.717, 1.165) is 19.5 Å².